The molecule has 0 aliphatic rings. The number of nitrogens with two attached hydrogens (primary N) is 1. The van der Waals surface area contributed by atoms with Crippen LogP contribution in [0.3, 0.4) is 0 Å². The van der Waals surface area contributed by atoms with Crippen LogP contribution in [0, 0.1) is 5.92 Å². The molecule has 0 rings (SSSR count). The summed E-state index contributed by atoms with van der Waals surface area (Å²) in [4.78, 5) is 23.6. The highest BCUT2D eigenvalue weighted by Crippen LogP contribution is 2.01. The van der Waals surface area contributed by atoms with Gasteiger partial charge in [0.05, 0.1) is 6.54 Å². The normalized spacial score (nSPS) is 11.0. The molecule has 2 N–H and O–H groups in total. The zero-order valence-corrected chi connectivity index (χ0v) is 9.95. The molecule has 1 amide bonds. The molecule has 0 aromatic rings. The molecule has 0 radical (unpaired) electrons. The van der Waals surface area contributed by atoms with Crippen LogP contribution in [-0.4, -0.2) is 36.2 Å². The van der Waals surface area contributed by atoms with Crippen LogP contribution in [0.2, 0.25) is 0 Å². The van der Waals surface area contributed by atoms with Crippen molar-refractivity contribution >= 4 is 11.7 Å². The number of amides is 1. The summed E-state index contributed by atoms with van der Waals surface area (Å²) in [5.74, 6) is 0.388. The molecule has 0 saturated heterocycles. The van der Waals surface area contributed by atoms with Crippen molar-refractivity contribution in [3.8, 4) is 0 Å². The molecule has 0 unspecified atom stereocenters. The van der Waals surface area contributed by atoms with E-state index < -0.39 is 0 Å². The Labute approximate surface area is 91.8 Å². The quantitative estimate of drug-likeness (QED) is 0.650. The van der Waals surface area contributed by atoms with Gasteiger partial charge in [-0.15, -0.1) is 0 Å². The van der Waals surface area contributed by atoms with Gasteiger partial charge in [-0.25, -0.2) is 0 Å². The van der Waals surface area contributed by atoms with E-state index in [4.69, 9.17) is 5.73 Å². The van der Waals surface area contributed by atoms with Crippen LogP contribution in [-0.2, 0) is 9.59 Å². The van der Waals surface area contributed by atoms with Crippen molar-refractivity contribution in [3.63, 3.8) is 0 Å². The number of nitrogens with zero attached hydrogens (tertiary/aromatic N) is 1. The third-order valence-electron chi connectivity index (χ3n) is 2.01. The first-order valence-corrected chi connectivity index (χ1v) is 5.42. The second kappa shape index (κ2) is 7.40. The van der Waals surface area contributed by atoms with E-state index in [1.54, 1.807) is 6.92 Å². The van der Waals surface area contributed by atoms with Crippen molar-refractivity contribution in [2.75, 3.05) is 19.6 Å². The van der Waals surface area contributed by atoms with E-state index in [0.29, 0.717) is 12.3 Å². The number of rotatable bonds is 8. The molecule has 15 heavy (non-hydrogen) atoms. The van der Waals surface area contributed by atoms with Crippen molar-refractivity contribution < 1.29 is 9.59 Å². The zero-order valence-electron chi connectivity index (χ0n) is 9.95. The van der Waals surface area contributed by atoms with Crippen LogP contribution in [0.25, 0.3) is 0 Å². The minimum Gasteiger partial charge on any atom is -0.369 e. The summed E-state index contributed by atoms with van der Waals surface area (Å²) < 4.78 is 0. The molecule has 0 aromatic carbocycles. The standard InChI is InChI=1S/C11H22N2O2/c1-9(2)7-13(8-11(12)15)6-4-5-10(3)14/h9H,4-8H2,1-3H3,(H2,12,15). The molecule has 0 aromatic heterocycles. The maximum atomic E-state index is 10.8. The molecule has 88 valence electrons. The number of carbonyl (C=O) groups is 2. The van der Waals surface area contributed by atoms with Gasteiger partial charge < -0.3 is 10.5 Å². The molecular weight excluding hydrogens is 192 g/mol. The van der Waals surface area contributed by atoms with Crippen LogP contribution < -0.4 is 5.73 Å². The SMILES string of the molecule is CC(=O)CCCN(CC(N)=O)CC(C)C. The second-order valence-electron chi connectivity index (χ2n) is 4.40. The van der Waals surface area contributed by atoms with Crippen molar-refractivity contribution in [2.24, 2.45) is 11.7 Å². The van der Waals surface area contributed by atoms with E-state index in [1.807, 2.05) is 4.90 Å². The Balaban J connectivity index is 3.89. The van der Waals surface area contributed by atoms with Crippen molar-refractivity contribution in [3.05, 3.63) is 0 Å². The number of ketones is 1. The predicted octanol–water partition coefficient (Wildman–Crippen LogP) is 0.799. The van der Waals surface area contributed by atoms with E-state index in [2.05, 4.69) is 13.8 Å². The minimum atomic E-state index is -0.307. The highest BCUT2D eigenvalue weighted by atomic mass is 16.1. The number of primary amides is 1. The fourth-order valence-electron chi connectivity index (χ4n) is 1.52. The maximum absolute atomic E-state index is 10.8. The molecule has 0 fully saturated rings. The molecule has 0 saturated carbocycles. The summed E-state index contributed by atoms with van der Waals surface area (Å²) in [5, 5.41) is 0. The Morgan fingerprint density at radius 1 is 1.33 bits per heavy atom. The Hall–Kier alpha value is -0.900. The van der Waals surface area contributed by atoms with Crippen molar-refractivity contribution in [2.45, 2.75) is 33.6 Å². The van der Waals surface area contributed by atoms with Crippen molar-refractivity contribution in [1.29, 1.82) is 0 Å². The third kappa shape index (κ3) is 9.41. The lowest BCUT2D eigenvalue weighted by molar-refractivity contribution is -0.119. The summed E-state index contributed by atoms with van der Waals surface area (Å²) in [5.41, 5.74) is 5.15. The number of Topliss-reactive ketones (excluding diaryl/α,β-unsaturated/α-hetero) is 1. The first kappa shape index (κ1) is 14.1. The number of hydrogen-bond acceptors (Lipinski definition) is 3. The van der Waals surface area contributed by atoms with Gasteiger partial charge in [0.2, 0.25) is 5.91 Å². The summed E-state index contributed by atoms with van der Waals surface area (Å²) >= 11 is 0. The lowest BCUT2D eigenvalue weighted by Gasteiger charge is -2.22. The van der Waals surface area contributed by atoms with E-state index >= 15 is 0 Å². The lowest BCUT2D eigenvalue weighted by Crippen LogP contribution is -2.37. The van der Waals surface area contributed by atoms with Crippen LogP contribution in [0.1, 0.15) is 33.6 Å². The highest BCUT2D eigenvalue weighted by molar-refractivity contribution is 5.76. The Morgan fingerprint density at radius 3 is 2.33 bits per heavy atom. The zero-order chi connectivity index (χ0) is 11.8. The Morgan fingerprint density at radius 2 is 1.93 bits per heavy atom. The average Bonchev–Trinajstić information content (AvgIpc) is 2.00. The van der Waals surface area contributed by atoms with E-state index in [0.717, 1.165) is 19.5 Å². The lowest BCUT2D eigenvalue weighted by atomic mass is 10.2. The van der Waals surface area contributed by atoms with Gasteiger partial charge in [-0.1, -0.05) is 13.8 Å². The fraction of sp³-hybridized carbons (Fsp3) is 0.818. The van der Waals surface area contributed by atoms with Gasteiger partial charge in [-0.05, 0) is 25.8 Å². The van der Waals surface area contributed by atoms with Gasteiger partial charge in [-0.2, -0.15) is 0 Å². The van der Waals surface area contributed by atoms with Crippen molar-refractivity contribution in [1.82, 2.24) is 4.90 Å². The largest absolute Gasteiger partial charge is 0.369 e. The molecule has 0 aliphatic carbocycles. The van der Waals surface area contributed by atoms with Crippen LogP contribution in [0.4, 0.5) is 0 Å². The van der Waals surface area contributed by atoms with E-state index in [9.17, 15) is 9.59 Å². The van der Waals surface area contributed by atoms with Gasteiger partial charge in [0.15, 0.2) is 0 Å². The minimum absolute atomic E-state index is 0.193. The molecule has 0 bridgehead atoms. The van der Waals surface area contributed by atoms with E-state index in [1.165, 1.54) is 0 Å². The van der Waals surface area contributed by atoms with Gasteiger partial charge in [-0.3, -0.25) is 9.69 Å². The number of hydrogen-bond donors (Lipinski definition) is 1. The maximum Gasteiger partial charge on any atom is 0.231 e. The topological polar surface area (TPSA) is 63.4 Å². The first-order chi connectivity index (χ1) is 6.91. The molecule has 0 heterocycles. The van der Waals surface area contributed by atoms with Gasteiger partial charge in [0.25, 0.3) is 0 Å². The number of carbonyl (C=O) groups excluding carboxylic acids is 2. The van der Waals surface area contributed by atoms with Crippen LogP contribution in [0.5, 0.6) is 0 Å². The Kier molecular flexibility index (Phi) is 6.96. The average molecular weight is 214 g/mol. The fourth-order valence-corrected chi connectivity index (χ4v) is 1.52. The summed E-state index contributed by atoms with van der Waals surface area (Å²) in [6.45, 7) is 7.68. The first-order valence-electron chi connectivity index (χ1n) is 5.42. The monoisotopic (exact) mass is 214 g/mol. The molecular formula is C11H22N2O2. The molecule has 0 spiro atoms. The smallest absolute Gasteiger partial charge is 0.231 e. The van der Waals surface area contributed by atoms with Crippen LogP contribution >= 0.6 is 0 Å². The van der Waals surface area contributed by atoms with E-state index in [-0.39, 0.29) is 18.2 Å². The van der Waals surface area contributed by atoms with Crippen LogP contribution in [0.15, 0.2) is 0 Å². The Bertz CT molecular complexity index is 215. The second-order valence-corrected chi connectivity index (χ2v) is 4.40. The van der Waals surface area contributed by atoms with Gasteiger partial charge in [0, 0.05) is 13.0 Å². The summed E-state index contributed by atoms with van der Waals surface area (Å²) in [6.07, 6.45) is 1.38. The molecule has 0 aliphatic heterocycles. The molecule has 4 nitrogen and oxygen atoms in total. The predicted molar refractivity (Wildman–Crippen MR) is 60.4 cm³/mol. The molecule has 0 atom stereocenters. The third-order valence-corrected chi connectivity index (χ3v) is 2.01. The molecule has 4 heteroatoms. The summed E-state index contributed by atoms with van der Waals surface area (Å²) in [6, 6.07) is 0. The van der Waals surface area contributed by atoms with Gasteiger partial charge >= 0.3 is 0 Å². The van der Waals surface area contributed by atoms with Gasteiger partial charge in [0.1, 0.15) is 5.78 Å². The highest BCUT2D eigenvalue weighted by Gasteiger charge is 2.09. The summed E-state index contributed by atoms with van der Waals surface area (Å²) in [7, 11) is 0.